The van der Waals surface area contributed by atoms with Crippen LogP contribution in [0.3, 0.4) is 0 Å². The molecule has 1 saturated heterocycles. The van der Waals surface area contributed by atoms with Crippen molar-refractivity contribution in [1.29, 1.82) is 0 Å². The van der Waals surface area contributed by atoms with Gasteiger partial charge in [-0.3, -0.25) is 29.0 Å². The topological polar surface area (TPSA) is 139 Å². The number of aromatic nitrogens is 2. The number of carbonyl (C=O) groups excluding carboxylic acids is 5. The van der Waals surface area contributed by atoms with Crippen molar-refractivity contribution in [1.82, 2.24) is 18.9 Å². The summed E-state index contributed by atoms with van der Waals surface area (Å²) < 4.78 is 28.4. The van der Waals surface area contributed by atoms with Gasteiger partial charge in [-0.2, -0.15) is 0 Å². The van der Waals surface area contributed by atoms with E-state index in [-0.39, 0.29) is 31.2 Å². The molecule has 0 N–H and O–H groups in total. The van der Waals surface area contributed by atoms with E-state index in [0.717, 1.165) is 115 Å². The van der Waals surface area contributed by atoms with Gasteiger partial charge in [-0.05, 0) is 172 Å². The van der Waals surface area contributed by atoms with Gasteiger partial charge in [-0.25, -0.2) is 4.79 Å². The quantitative estimate of drug-likeness (QED) is 0.0251. The fourth-order valence-electron chi connectivity index (χ4n) is 11.8. The van der Waals surface area contributed by atoms with Crippen molar-refractivity contribution < 1.29 is 42.9 Å². The van der Waals surface area contributed by atoms with Crippen LogP contribution in [0.4, 0.5) is 4.79 Å². The minimum Gasteiger partial charge on any atom is -0.493 e. The second kappa shape index (κ2) is 26.5. The number of urea groups is 1. The first-order valence-electron chi connectivity index (χ1n) is 30.3. The van der Waals surface area contributed by atoms with Gasteiger partial charge in [0.15, 0.2) is 0 Å². The number of allylic oxidation sites excluding steroid dienone is 5. The summed E-state index contributed by atoms with van der Waals surface area (Å²) in [4.78, 5) is 73.8. The van der Waals surface area contributed by atoms with Gasteiger partial charge in [0.2, 0.25) is 0 Å². The number of barbiturate groups is 1. The largest absolute Gasteiger partial charge is 0.493 e. The van der Waals surface area contributed by atoms with E-state index in [4.69, 9.17) is 18.9 Å². The molecule has 4 amide bonds. The molecule has 82 heavy (non-hydrogen) atoms. The first-order valence-corrected chi connectivity index (χ1v) is 30.3. The zero-order valence-electron chi connectivity index (χ0n) is 50.9. The Balaban J connectivity index is 1.24. The van der Waals surface area contributed by atoms with Crippen LogP contribution in [-0.4, -0.2) is 91.8 Å². The normalized spacial score (nSPS) is 17.8. The van der Waals surface area contributed by atoms with Gasteiger partial charge >= 0.3 is 18.0 Å². The summed E-state index contributed by atoms with van der Waals surface area (Å²) in [5.41, 5.74) is 4.42. The zero-order chi connectivity index (χ0) is 59.0. The van der Waals surface area contributed by atoms with Crippen LogP contribution >= 0.6 is 0 Å². The molecule has 13 heteroatoms. The average Bonchev–Trinajstić information content (AvgIpc) is 3.32. The Morgan fingerprint density at radius 3 is 1.65 bits per heavy atom. The van der Waals surface area contributed by atoms with Gasteiger partial charge in [0.1, 0.15) is 23.5 Å². The van der Waals surface area contributed by atoms with E-state index in [0.29, 0.717) is 57.2 Å². The maximum Gasteiger partial charge on any atom is 0.334 e. The molecule has 2 aliphatic rings. The lowest BCUT2D eigenvalue weighted by Gasteiger charge is -2.40. The molecule has 1 saturated carbocycles. The number of carbonyl (C=O) groups is 5. The van der Waals surface area contributed by atoms with Gasteiger partial charge in [-0.15, -0.1) is 0 Å². The van der Waals surface area contributed by atoms with Crippen molar-refractivity contribution in [2.45, 2.75) is 203 Å². The van der Waals surface area contributed by atoms with Crippen molar-refractivity contribution in [3.05, 3.63) is 111 Å². The molecule has 438 valence electrons. The van der Waals surface area contributed by atoms with Crippen LogP contribution in [0.2, 0.25) is 0 Å². The van der Waals surface area contributed by atoms with Crippen LogP contribution in [0.1, 0.15) is 166 Å². The monoisotopic (exact) mass is 1120 g/mol. The lowest BCUT2D eigenvalue weighted by Crippen LogP contribution is -2.62. The number of unbranched alkanes of at least 4 members (excludes halogenated alkanes) is 5. The summed E-state index contributed by atoms with van der Waals surface area (Å²) in [7, 11) is 0. The number of amides is 4. The Kier molecular flexibility index (Phi) is 19.7. The molecule has 1 aliphatic heterocycles. The smallest absolute Gasteiger partial charge is 0.334 e. The van der Waals surface area contributed by atoms with Gasteiger partial charge < -0.3 is 28.1 Å². The predicted molar refractivity (Wildman–Crippen MR) is 329 cm³/mol. The highest BCUT2D eigenvalue weighted by molar-refractivity contribution is 6.30. The number of rotatable bonds is 24. The fraction of sp³-hybridized carbons (Fsp3) is 0.493. The maximum absolute atomic E-state index is 15.6. The molecule has 2 unspecified atom stereocenters. The van der Waals surface area contributed by atoms with E-state index in [1.54, 1.807) is 13.8 Å². The van der Waals surface area contributed by atoms with Gasteiger partial charge in [0.25, 0.3) is 11.8 Å². The second-order valence-electron chi connectivity index (χ2n) is 24.3. The molecule has 0 radical (unpaired) electrons. The first-order chi connectivity index (χ1) is 39.2. The molecule has 0 spiro atoms. The second-order valence-corrected chi connectivity index (χ2v) is 24.3. The van der Waals surface area contributed by atoms with Crippen molar-refractivity contribution in [3.8, 4) is 5.75 Å². The third kappa shape index (κ3) is 13.4. The Bertz CT molecular complexity index is 3560. The van der Waals surface area contributed by atoms with E-state index in [2.05, 4.69) is 122 Å². The summed E-state index contributed by atoms with van der Waals surface area (Å²) in [5.74, 6) is -1.29. The lowest BCUT2D eigenvalue weighted by atomic mass is 9.94. The number of esters is 2. The predicted octanol–water partition coefficient (Wildman–Crippen LogP) is 13.7. The standard InChI is InChI=1S/C69H88N4O9/c1-13-17-25-47-34-39-56-62-50(47)26-23-27-51(62)54(70(56)15-3)37-35-48-32-33-49(36-38-55-52-28-24-29-53-58(79-42-18-14-2)41-40-57(63(52)53)71(55)16-4)61(48)64-65(76)72(67(78)73(66(64)77)46(6)44-81-68(7,8)9)45(5)43-80-59(74)30-21-19-20-22-31-60(75)82-69(10,11)12/h23-24,26-29,34-41,45-46H,13-22,25,30-33,42-44H2,1-12H3/b48-35+,49-36+,54-37+,55-38+,64-61+. The lowest BCUT2D eigenvalue weighted by molar-refractivity contribution is -0.155. The molecule has 8 rings (SSSR count). The van der Waals surface area contributed by atoms with Crippen LogP contribution in [-0.2, 0) is 52.9 Å². The fourth-order valence-corrected chi connectivity index (χ4v) is 11.8. The number of imide groups is 2. The molecule has 2 atom stereocenters. The Morgan fingerprint density at radius 1 is 0.573 bits per heavy atom. The van der Waals surface area contributed by atoms with Gasteiger partial charge in [0, 0.05) is 74.6 Å². The number of aryl methyl sites for hydroxylation is 3. The molecular formula is C69H88N4O9. The van der Waals surface area contributed by atoms with E-state index in [1.807, 2.05) is 41.5 Å². The molecule has 4 aromatic carbocycles. The summed E-state index contributed by atoms with van der Waals surface area (Å²) in [6, 6.07) is 19.1. The van der Waals surface area contributed by atoms with Crippen molar-refractivity contribution in [3.63, 3.8) is 0 Å². The first kappa shape index (κ1) is 61.1. The SMILES string of the molecule is CCCCOc1ccc2c3c1cccc3\c(=C/C=C1\CCC(=C/C=c3\c4cccc5c(CCCC)ccc(c54)n3CC)\C1=C1\C(=O)N(C(C)COC(=O)CCCCCCC(=O)OC(C)(C)C)C(=O)N(C(C)COC(C)(C)C)C1=O)n2CC. The van der Waals surface area contributed by atoms with Crippen molar-refractivity contribution in [2.75, 3.05) is 19.8 Å². The maximum atomic E-state index is 15.6. The zero-order valence-corrected chi connectivity index (χ0v) is 50.9. The van der Waals surface area contributed by atoms with E-state index in [1.165, 1.54) is 16.3 Å². The number of hydrogen-bond acceptors (Lipinski definition) is 9. The third-order valence-corrected chi connectivity index (χ3v) is 15.8. The Morgan fingerprint density at radius 2 is 1.10 bits per heavy atom. The summed E-state index contributed by atoms with van der Waals surface area (Å²) in [6.45, 7) is 25.2. The van der Waals surface area contributed by atoms with Gasteiger partial charge in [0.05, 0.1) is 30.9 Å². The summed E-state index contributed by atoms with van der Waals surface area (Å²) >= 11 is 0. The van der Waals surface area contributed by atoms with Crippen LogP contribution < -0.4 is 15.4 Å². The molecule has 13 nitrogen and oxygen atoms in total. The number of ether oxygens (including phenoxy) is 4. The highest BCUT2D eigenvalue weighted by Gasteiger charge is 2.49. The molecule has 3 heterocycles. The number of benzene rings is 4. The van der Waals surface area contributed by atoms with Crippen LogP contribution in [0.25, 0.3) is 55.5 Å². The highest BCUT2D eigenvalue weighted by Crippen LogP contribution is 2.42. The van der Waals surface area contributed by atoms with Crippen molar-refractivity contribution >= 4 is 85.3 Å². The third-order valence-electron chi connectivity index (χ3n) is 15.8. The van der Waals surface area contributed by atoms with E-state index >= 15 is 9.59 Å². The number of nitrogens with zero attached hydrogens (tertiary/aromatic N) is 4. The van der Waals surface area contributed by atoms with Crippen LogP contribution in [0, 0.1) is 0 Å². The molecule has 2 aromatic heterocycles. The Labute approximate surface area is 485 Å². The molecular weight excluding hydrogens is 1030 g/mol. The molecule has 1 aliphatic carbocycles. The Hall–Kier alpha value is -6.99. The molecule has 6 aromatic rings. The minimum atomic E-state index is -0.936. The van der Waals surface area contributed by atoms with Crippen LogP contribution in [0.15, 0.2) is 95.1 Å². The summed E-state index contributed by atoms with van der Waals surface area (Å²) in [5, 5.41) is 8.86. The molecule has 2 fully saturated rings. The average molecular weight is 1120 g/mol. The number of hydrogen-bond donors (Lipinski definition) is 0. The minimum absolute atomic E-state index is 0.0276. The van der Waals surface area contributed by atoms with Crippen molar-refractivity contribution in [2.24, 2.45) is 0 Å². The summed E-state index contributed by atoms with van der Waals surface area (Å²) in [6.07, 6.45) is 17.7. The highest BCUT2D eigenvalue weighted by atomic mass is 16.6. The van der Waals surface area contributed by atoms with Gasteiger partial charge in [-0.1, -0.05) is 94.1 Å². The van der Waals surface area contributed by atoms with Crippen LogP contribution in [0.5, 0.6) is 5.75 Å². The molecule has 0 bridgehead atoms. The van der Waals surface area contributed by atoms with E-state index < -0.39 is 47.1 Å². The van der Waals surface area contributed by atoms with E-state index in [9.17, 15) is 14.4 Å².